The van der Waals surface area contributed by atoms with E-state index in [0.717, 1.165) is 135 Å². The van der Waals surface area contributed by atoms with Crippen LogP contribution < -0.4 is 0 Å². The topological polar surface area (TPSA) is 78.9 Å². The molecule has 0 amide bonds. The molecule has 6 heteroatoms. The third-order valence-corrected chi connectivity index (χ3v) is 12.3. The zero-order chi connectivity index (χ0) is 57.8. The minimum absolute atomic E-state index is 0.141. The van der Waals surface area contributed by atoms with Gasteiger partial charge in [-0.05, 0) is 148 Å². The molecule has 0 spiro atoms. The van der Waals surface area contributed by atoms with E-state index >= 15 is 0 Å². The van der Waals surface area contributed by atoms with E-state index in [-0.39, 0.29) is 38.0 Å². The molecular weight excluding hydrogens is 985 g/mol. The predicted molar refractivity (Wildman–Crippen MR) is 347 cm³/mol. The Balaban J connectivity index is 4.59. The number of hydrogen-bond donors (Lipinski definition) is 0. The lowest BCUT2D eigenvalue weighted by Crippen LogP contribution is -2.30. The van der Waals surface area contributed by atoms with Crippen LogP contribution in [-0.4, -0.2) is 37.2 Å². The molecule has 0 aliphatic rings. The molecule has 1 atom stereocenters. The summed E-state index contributed by atoms with van der Waals surface area (Å²) in [6.07, 6.45) is 100. The largest absolute Gasteiger partial charge is 0.462 e. The quantitative estimate of drug-likeness (QED) is 0.0261. The molecule has 0 bridgehead atoms. The Labute approximate surface area is 490 Å². The number of unbranched alkanes of at least 4 members (excludes halogenated alkanes) is 11. The smallest absolute Gasteiger partial charge is 0.306 e. The molecule has 0 aliphatic carbocycles. The summed E-state index contributed by atoms with van der Waals surface area (Å²) in [7, 11) is 0. The van der Waals surface area contributed by atoms with Crippen LogP contribution in [0.1, 0.15) is 233 Å². The third kappa shape index (κ3) is 63.1. The zero-order valence-corrected chi connectivity index (χ0v) is 50.8. The number of rotatable bonds is 54. The van der Waals surface area contributed by atoms with Crippen molar-refractivity contribution in [3.63, 3.8) is 0 Å². The molecular formula is C74H112O6. The SMILES string of the molecule is CC/C=C\C/C=C\C/C=C\C/C=C\C/C=C\C/C=C\C/C=C\C/C=C\C/C=C\CCCC(=O)OCC(COC(=O)CCCCCCC/C=C\CCCCCCC)OC(=O)CC/C=C\C/C=C\C/C=C\C/C=C\C/C=C\C/C=C\CC. The first kappa shape index (κ1) is 74.2. The van der Waals surface area contributed by atoms with Crippen LogP contribution in [0.4, 0.5) is 0 Å². The van der Waals surface area contributed by atoms with E-state index in [4.69, 9.17) is 14.2 Å². The van der Waals surface area contributed by atoms with E-state index in [2.05, 4.69) is 203 Å². The molecule has 0 saturated carbocycles. The first-order chi connectivity index (χ1) is 39.5. The van der Waals surface area contributed by atoms with Gasteiger partial charge in [0, 0.05) is 19.3 Å². The highest BCUT2D eigenvalue weighted by Gasteiger charge is 2.19. The number of allylic oxidation sites excluding steroid dienone is 32. The van der Waals surface area contributed by atoms with Crippen molar-refractivity contribution in [1.29, 1.82) is 0 Å². The van der Waals surface area contributed by atoms with Crippen molar-refractivity contribution in [1.82, 2.24) is 0 Å². The molecule has 444 valence electrons. The van der Waals surface area contributed by atoms with Gasteiger partial charge < -0.3 is 14.2 Å². The van der Waals surface area contributed by atoms with Crippen LogP contribution in [0.5, 0.6) is 0 Å². The second-order valence-corrected chi connectivity index (χ2v) is 19.8. The fourth-order valence-corrected chi connectivity index (χ4v) is 7.70. The first-order valence-corrected chi connectivity index (χ1v) is 31.4. The van der Waals surface area contributed by atoms with Crippen molar-refractivity contribution in [2.24, 2.45) is 0 Å². The summed E-state index contributed by atoms with van der Waals surface area (Å²) in [6, 6.07) is 0. The van der Waals surface area contributed by atoms with Gasteiger partial charge >= 0.3 is 17.9 Å². The van der Waals surface area contributed by atoms with Gasteiger partial charge in [0.15, 0.2) is 6.10 Å². The summed E-state index contributed by atoms with van der Waals surface area (Å²) in [5.74, 6) is -1.11. The molecule has 0 aromatic heterocycles. The molecule has 0 rings (SSSR count). The molecule has 0 N–H and O–H groups in total. The Morgan fingerprint density at radius 2 is 0.525 bits per heavy atom. The van der Waals surface area contributed by atoms with E-state index in [0.29, 0.717) is 19.3 Å². The number of carbonyl (C=O) groups excluding carboxylic acids is 3. The summed E-state index contributed by atoms with van der Waals surface area (Å²) in [6.45, 7) is 6.26. The molecule has 0 fully saturated rings. The second-order valence-electron chi connectivity index (χ2n) is 19.8. The van der Waals surface area contributed by atoms with E-state index in [9.17, 15) is 14.4 Å². The minimum atomic E-state index is -0.858. The summed E-state index contributed by atoms with van der Waals surface area (Å²) in [4.78, 5) is 38.2. The number of hydrogen-bond acceptors (Lipinski definition) is 6. The van der Waals surface area contributed by atoms with Gasteiger partial charge in [0.05, 0.1) is 0 Å². The van der Waals surface area contributed by atoms with Crippen LogP contribution in [0.15, 0.2) is 194 Å². The van der Waals surface area contributed by atoms with Crippen LogP contribution in [0, 0.1) is 0 Å². The van der Waals surface area contributed by atoms with E-state index in [1.807, 2.05) is 12.2 Å². The van der Waals surface area contributed by atoms with Crippen molar-refractivity contribution in [3.05, 3.63) is 194 Å². The van der Waals surface area contributed by atoms with Crippen molar-refractivity contribution in [2.75, 3.05) is 13.2 Å². The number of carbonyl (C=O) groups is 3. The van der Waals surface area contributed by atoms with Crippen molar-refractivity contribution < 1.29 is 28.6 Å². The Bertz CT molecular complexity index is 1930. The fraction of sp³-hybridized carbons (Fsp3) is 0.527. The Morgan fingerprint density at radius 1 is 0.263 bits per heavy atom. The molecule has 6 nitrogen and oxygen atoms in total. The summed E-state index contributed by atoms with van der Waals surface area (Å²) >= 11 is 0. The first-order valence-electron chi connectivity index (χ1n) is 31.4. The summed E-state index contributed by atoms with van der Waals surface area (Å²) in [5.41, 5.74) is 0. The lowest BCUT2D eigenvalue weighted by molar-refractivity contribution is -0.166. The zero-order valence-electron chi connectivity index (χ0n) is 50.8. The fourth-order valence-electron chi connectivity index (χ4n) is 7.70. The molecule has 0 aromatic carbocycles. The highest BCUT2D eigenvalue weighted by atomic mass is 16.6. The van der Waals surface area contributed by atoms with Crippen molar-refractivity contribution in [3.8, 4) is 0 Å². The van der Waals surface area contributed by atoms with Crippen molar-refractivity contribution in [2.45, 2.75) is 239 Å². The molecule has 0 saturated heterocycles. The van der Waals surface area contributed by atoms with E-state index in [1.165, 1.54) is 44.9 Å². The van der Waals surface area contributed by atoms with Crippen LogP contribution in [-0.2, 0) is 28.6 Å². The monoisotopic (exact) mass is 1100 g/mol. The van der Waals surface area contributed by atoms with Gasteiger partial charge in [0.2, 0.25) is 0 Å². The average molecular weight is 1100 g/mol. The minimum Gasteiger partial charge on any atom is -0.462 e. The standard InChI is InChI=1S/C74H112O6/c1-4-7-10-13-16-19-22-25-28-30-32-33-34-35-36-37-38-39-40-41-43-44-46-49-52-55-58-61-64-67-73(76)79-70-71(69-78-72(75)66-63-60-57-54-51-48-27-24-21-18-15-12-9-6-3)80-74(77)68-65-62-59-56-53-50-47-45-42-31-29-26-23-20-17-14-11-8-5-2/h7-8,10-11,16-17,19-20,24-29,32-33,35-36,38-39,41-43,45-46,49-50,53,55,58-59,62,71H,4-6,9,12-15,18,21-23,30-31,34,37,40,44,47-48,51-52,54,56-57,60-61,63-70H2,1-3H3/b10-7-,11-8-,19-16-,20-17-,27-24-,28-25-,29-26-,33-32-,36-35-,39-38-,43-41-,45-42-,49-46-,53-50-,58-55-,62-59-. The van der Waals surface area contributed by atoms with Gasteiger partial charge in [-0.3, -0.25) is 14.4 Å². The predicted octanol–water partition coefficient (Wildman–Crippen LogP) is 21.8. The Kier molecular flexibility index (Phi) is 61.0. The van der Waals surface area contributed by atoms with Crippen LogP contribution in [0.3, 0.4) is 0 Å². The maximum Gasteiger partial charge on any atom is 0.306 e. The molecule has 0 aromatic rings. The summed E-state index contributed by atoms with van der Waals surface area (Å²) < 4.78 is 16.8. The normalized spacial score (nSPS) is 13.5. The van der Waals surface area contributed by atoms with E-state index < -0.39 is 12.1 Å². The molecule has 80 heavy (non-hydrogen) atoms. The van der Waals surface area contributed by atoms with Crippen LogP contribution in [0.2, 0.25) is 0 Å². The van der Waals surface area contributed by atoms with E-state index in [1.54, 1.807) is 0 Å². The Hall–Kier alpha value is -5.75. The Morgan fingerprint density at radius 3 is 0.875 bits per heavy atom. The highest BCUT2D eigenvalue weighted by Crippen LogP contribution is 2.12. The summed E-state index contributed by atoms with van der Waals surface area (Å²) in [5, 5.41) is 0. The second kappa shape index (κ2) is 65.8. The third-order valence-electron chi connectivity index (χ3n) is 12.3. The van der Waals surface area contributed by atoms with Crippen molar-refractivity contribution >= 4 is 17.9 Å². The lowest BCUT2D eigenvalue weighted by atomic mass is 10.1. The van der Waals surface area contributed by atoms with Crippen LogP contribution >= 0.6 is 0 Å². The van der Waals surface area contributed by atoms with Gasteiger partial charge in [0.1, 0.15) is 13.2 Å². The molecule has 0 heterocycles. The average Bonchev–Trinajstić information content (AvgIpc) is 3.46. The van der Waals surface area contributed by atoms with Crippen LogP contribution in [0.25, 0.3) is 0 Å². The number of esters is 3. The van der Waals surface area contributed by atoms with Gasteiger partial charge in [-0.25, -0.2) is 0 Å². The number of ether oxygens (including phenoxy) is 3. The molecule has 0 aliphatic heterocycles. The van der Waals surface area contributed by atoms with Gasteiger partial charge in [-0.15, -0.1) is 0 Å². The lowest BCUT2D eigenvalue weighted by Gasteiger charge is -2.18. The molecule has 0 radical (unpaired) electrons. The highest BCUT2D eigenvalue weighted by molar-refractivity contribution is 5.71. The maximum atomic E-state index is 12.9. The van der Waals surface area contributed by atoms with Gasteiger partial charge in [-0.2, -0.15) is 0 Å². The van der Waals surface area contributed by atoms with Gasteiger partial charge in [-0.1, -0.05) is 260 Å². The maximum absolute atomic E-state index is 12.9. The van der Waals surface area contributed by atoms with Gasteiger partial charge in [0.25, 0.3) is 0 Å². The molecule has 1 unspecified atom stereocenters.